The minimum Gasteiger partial charge on any atom is -0.465 e. The van der Waals surface area contributed by atoms with Crippen molar-refractivity contribution in [3.05, 3.63) is 29.6 Å². The molecule has 0 bridgehead atoms. The maximum atomic E-state index is 12.6. The van der Waals surface area contributed by atoms with Crippen LogP contribution in [0.15, 0.2) is 18.3 Å². The summed E-state index contributed by atoms with van der Waals surface area (Å²) < 4.78 is 5.49. The first-order chi connectivity index (χ1) is 13.6. The Hall–Kier alpha value is -1.99. The quantitative estimate of drug-likeness (QED) is 0.232. The Morgan fingerprint density at radius 3 is 2.71 bits per heavy atom. The van der Waals surface area contributed by atoms with Crippen LogP contribution in [0.4, 0.5) is 0 Å². The Balaban J connectivity index is 1.90. The lowest BCUT2D eigenvalue weighted by Crippen LogP contribution is -2.44. The first-order valence-corrected chi connectivity index (χ1v) is 10.4. The second-order valence-electron chi connectivity index (χ2n) is 7.47. The SMILES string of the molecule is CCCCOC(=O)C(NCc1ccc(CCC(=O)NO)nc1)C1CCCCC1. The van der Waals surface area contributed by atoms with Gasteiger partial charge < -0.3 is 10.1 Å². The summed E-state index contributed by atoms with van der Waals surface area (Å²) in [6.07, 6.45) is 10.0. The molecule has 7 heteroatoms. The first kappa shape index (κ1) is 22.3. The highest BCUT2D eigenvalue weighted by Crippen LogP contribution is 2.27. The van der Waals surface area contributed by atoms with Gasteiger partial charge in [-0.2, -0.15) is 0 Å². The van der Waals surface area contributed by atoms with Crippen molar-refractivity contribution in [3.63, 3.8) is 0 Å². The number of aryl methyl sites for hydroxylation is 1. The fourth-order valence-corrected chi connectivity index (χ4v) is 3.55. The topological polar surface area (TPSA) is 101 Å². The number of pyridine rings is 1. The van der Waals surface area contributed by atoms with Gasteiger partial charge in [0.1, 0.15) is 6.04 Å². The van der Waals surface area contributed by atoms with Crippen LogP contribution in [0.5, 0.6) is 0 Å². The van der Waals surface area contributed by atoms with Crippen molar-refractivity contribution in [1.29, 1.82) is 0 Å². The predicted octanol–water partition coefficient (Wildman–Crippen LogP) is 2.90. The zero-order chi connectivity index (χ0) is 20.2. The number of esters is 1. The Kier molecular flexibility index (Phi) is 9.93. The molecule has 0 aromatic carbocycles. The predicted molar refractivity (Wildman–Crippen MR) is 106 cm³/mol. The molecule has 1 aromatic heterocycles. The van der Waals surface area contributed by atoms with E-state index in [1.807, 2.05) is 12.1 Å². The van der Waals surface area contributed by atoms with Gasteiger partial charge in [0.25, 0.3) is 0 Å². The molecular weight excluding hydrogens is 358 g/mol. The molecule has 1 saturated carbocycles. The number of carbonyl (C=O) groups is 2. The summed E-state index contributed by atoms with van der Waals surface area (Å²) in [4.78, 5) is 28.1. The minimum atomic E-state index is -0.426. The monoisotopic (exact) mass is 391 g/mol. The van der Waals surface area contributed by atoms with E-state index in [1.54, 1.807) is 11.7 Å². The number of hydrogen-bond donors (Lipinski definition) is 3. The smallest absolute Gasteiger partial charge is 0.323 e. The minimum absolute atomic E-state index is 0.139. The molecule has 0 radical (unpaired) electrons. The summed E-state index contributed by atoms with van der Waals surface area (Å²) in [5.74, 6) is -0.239. The van der Waals surface area contributed by atoms with Crippen LogP contribution < -0.4 is 10.8 Å². The number of nitrogens with one attached hydrogen (secondary N) is 2. The van der Waals surface area contributed by atoms with Gasteiger partial charge in [0.05, 0.1) is 6.61 Å². The molecule has 2 rings (SSSR count). The van der Waals surface area contributed by atoms with E-state index in [0.717, 1.165) is 36.9 Å². The van der Waals surface area contributed by atoms with Crippen LogP contribution in [0, 0.1) is 5.92 Å². The second kappa shape index (κ2) is 12.5. The maximum Gasteiger partial charge on any atom is 0.323 e. The van der Waals surface area contributed by atoms with E-state index < -0.39 is 5.91 Å². The fraction of sp³-hybridized carbons (Fsp3) is 0.667. The highest BCUT2D eigenvalue weighted by atomic mass is 16.5. The Bertz CT molecular complexity index is 600. The molecule has 1 unspecified atom stereocenters. The normalized spacial score (nSPS) is 15.8. The molecule has 0 spiro atoms. The van der Waals surface area contributed by atoms with Crippen molar-refractivity contribution >= 4 is 11.9 Å². The van der Waals surface area contributed by atoms with Gasteiger partial charge in [0.15, 0.2) is 0 Å². The second-order valence-corrected chi connectivity index (χ2v) is 7.47. The van der Waals surface area contributed by atoms with Crippen LogP contribution in [0.1, 0.15) is 69.5 Å². The molecule has 7 nitrogen and oxygen atoms in total. The molecule has 3 N–H and O–H groups in total. The molecular formula is C21H33N3O4. The average Bonchev–Trinajstić information content (AvgIpc) is 2.74. The summed E-state index contributed by atoms with van der Waals surface area (Å²) in [6.45, 7) is 3.12. The average molecular weight is 392 g/mol. The fourth-order valence-electron chi connectivity index (χ4n) is 3.55. The summed E-state index contributed by atoms with van der Waals surface area (Å²) in [5, 5.41) is 11.9. The van der Waals surface area contributed by atoms with Gasteiger partial charge in [-0.05, 0) is 43.2 Å². The number of unbranched alkanes of at least 4 members (excludes halogenated alkanes) is 1. The highest BCUT2D eigenvalue weighted by molar-refractivity contribution is 5.76. The Morgan fingerprint density at radius 1 is 1.29 bits per heavy atom. The molecule has 1 heterocycles. The van der Waals surface area contributed by atoms with E-state index in [-0.39, 0.29) is 18.4 Å². The molecule has 156 valence electrons. The van der Waals surface area contributed by atoms with Crippen LogP contribution in [0.25, 0.3) is 0 Å². The van der Waals surface area contributed by atoms with Gasteiger partial charge in [0, 0.05) is 24.9 Å². The molecule has 0 aliphatic heterocycles. The third-order valence-electron chi connectivity index (χ3n) is 5.26. The number of ether oxygens (including phenoxy) is 1. The lowest BCUT2D eigenvalue weighted by molar-refractivity contribution is -0.148. The number of aromatic nitrogens is 1. The molecule has 1 amide bonds. The third kappa shape index (κ3) is 7.56. The molecule has 1 aromatic rings. The van der Waals surface area contributed by atoms with Crippen LogP contribution >= 0.6 is 0 Å². The van der Waals surface area contributed by atoms with Gasteiger partial charge in [0.2, 0.25) is 5.91 Å². The maximum absolute atomic E-state index is 12.6. The molecule has 1 aliphatic rings. The van der Waals surface area contributed by atoms with Crippen molar-refractivity contribution in [2.45, 2.75) is 77.3 Å². The van der Waals surface area contributed by atoms with Crippen LogP contribution in [-0.2, 0) is 27.3 Å². The first-order valence-electron chi connectivity index (χ1n) is 10.4. The molecule has 1 fully saturated rings. The Morgan fingerprint density at radius 2 is 2.07 bits per heavy atom. The third-order valence-corrected chi connectivity index (χ3v) is 5.26. The number of carbonyl (C=O) groups excluding carboxylic acids is 2. The van der Waals surface area contributed by atoms with Gasteiger partial charge in [-0.3, -0.25) is 19.8 Å². The van der Waals surface area contributed by atoms with Crippen molar-refractivity contribution in [2.24, 2.45) is 5.92 Å². The largest absolute Gasteiger partial charge is 0.465 e. The standard InChI is InChI=1S/C21H33N3O4/c1-2-3-13-28-21(26)20(17-7-5-4-6-8-17)23-15-16-9-10-18(22-14-16)11-12-19(25)24-27/h9-10,14,17,20,23,27H,2-8,11-13,15H2,1H3,(H,24,25). The summed E-state index contributed by atoms with van der Waals surface area (Å²) in [7, 11) is 0. The van der Waals surface area contributed by atoms with E-state index >= 15 is 0 Å². The van der Waals surface area contributed by atoms with Crippen molar-refractivity contribution in [1.82, 2.24) is 15.8 Å². The molecule has 28 heavy (non-hydrogen) atoms. The van der Waals surface area contributed by atoms with E-state index in [0.29, 0.717) is 25.5 Å². The molecule has 1 atom stereocenters. The van der Waals surface area contributed by atoms with E-state index in [4.69, 9.17) is 9.94 Å². The number of nitrogens with zero attached hydrogens (tertiary/aromatic N) is 1. The van der Waals surface area contributed by atoms with Gasteiger partial charge in [-0.25, -0.2) is 5.48 Å². The van der Waals surface area contributed by atoms with Crippen LogP contribution in [0.3, 0.4) is 0 Å². The number of hydrogen-bond acceptors (Lipinski definition) is 6. The van der Waals surface area contributed by atoms with Crippen LogP contribution in [-0.4, -0.2) is 34.7 Å². The van der Waals surface area contributed by atoms with E-state index in [2.05, 4.69) is 17.2 Å². The van der Waals surface area contributed by atoms with Gasteiger partial charge >= 0.3 is 5.97 Å². The molecule has 0 saturated heterocycles. The molecule has 1 aliphatic carbocycles. The van der Waals surface area contributed by atoms with Gasteiger partial charge in [-0.1, -0.05) is 38.7 Å². The van der Waals surface area contributed by atoms with E-state index in [9.17, 15) is 9.59 Å². The zero-order valence-electron chi connectivity index (χ0n) is 16.8. The number of amides is 1. The summed E-state index contributed by atoms with van der Waals surface area (Å²) in [6, 6.07) is 3.55. The van der Waals surface area contributed by atoms with Gasteiger partial charge in [-0.15, -0.1) is 0 Å². The lowest BCUT2D eigenvalue weighted by Gasteiger charge is -2.29. The van der Waals surface area contributed by atoms with E-state index in [1.165, 1.54) is 19.3 Å². The lowest BCUT2D eigenvalue weighted by atomic mass is 9.84. The van der Waals surface area contributed by atoms with Crippen molar-refractivity contribution < 1.29 is 19.5 Å². The number of hydroxylamine groups is 1. The Labute approximate surface area is 167 Å². The summed E-state index contributed by atoms with van der Waals surface area (Å²) in [5.41, 5.74) is 3.39. The number of rotatable bonds is 11. The zero-order valence-corrected chi connectivity index (χ0v) is 16.8. The van der Waals surface area contributed by atoms with Crippen molar-refractivity contribution in [2.75, 3.05) is 6.61 Å². The van der Waals surface area contributed by atoms with Crippen molar-refractivity contribution in [3.8, 4) is 0 Å². The van der Waals surface area contributed by atoms with Crippen LogP contribution in [0.2, 0.25) is 0 Å². The summed E-state index contributed by atoms with van der Waals surface area (Å²) >= 11 is 0. The highest BCUT2D eigenvalue weighted by Gasteiger charge is 2.30.